The second kappa shape index (κ2) is 8.75. The van der Waals surface area contributed by atoms with E-state index >= 15 is 0 Å². The van der Waals surface area contributed by atoms with E-state index in [1.807, 2.05) is 42.5 Å². The van der Waals surface area contributed by atoms with Crippen molar-refractivity contribution >= 4 is 33.5 Å². The Morgan fingerprint density at radius 1 is 0.794 bits per heavy atom. The van der Waals surface area contributed by atoms with Gasteiger partial charge in [-0.2, -0.15) is 0 Å². The van der Waals surface area contributed by atoms with E-state index in [1.165, 1.54) is 14.2 Å². The number of para-hydroxylation sites is 1. The van der Waals surface area contributed by atoms with E-state index in [4.69, 9.17) is 13.9 Å². The molecule has 0 radical (unpaired) electrons. The number of benzene rings is 4. The highest BCUT2D eigenvalue weighted by atomic mass is 16.5. The highest BCUT2D eigenvalue weighted by Gasteiger charge is 2.21. The lowest BCUT2D eigenvalue weighted by molar-refractivity contribution is 0.102. The van der Waals surface area contributed by atoms with Gasteiger partial charge in [0.2, 0.25) is 11.3 Å². The molecule has 0 aliphatic carbocycles. The molecule has 0 aliphatic heterocycles. The molecule has 168 valence electrons. The van der Waals surface area contributed by atoms with Gasteiger partial charge in [0, 0.05) is 5.56 Å². The van der Waals surface area contributed by atoms with Gasteiger partial charge in [0.15, 0.2) is 11.5 Å². The van der Waals surface area contributed by atoms with Gasteiger partial charge in [0.1, 0.15) is 5.58 Å². The molecule has 1 N–H and O–H groups in total. The predicted octanol–water partition coefficient (Wildman–Crippen LogP) is 5.88. The van der Waals surface area contributed by atoms with E-state index in [1.54, 1.807) is 42.5 Å². The van der Waals surface area contributed by atoms with Crippen LogP contribution in [0.1, 0.15) is 10.4 Å². The quantitative estimate of drug-likeness (QED) is 0.361. The van der Waals surface area contributed by atoms with Gasteiger partial charge in [-0.15, -0.1) is 0 Å². The van der Waals surface area contributed by atoms with Crippen molar-refractivity contribution < 1.29 is 18.7 Å². The lowest BCUT2D eigenvalue weighted by Gasteiger charge is -2.14. The SMILES string of the molecule is COc1ccc(C(=O)Nc2oc3ccccc3c(=O)c2-c2cccc3ccccc23)cc1OC. The van der Waals surface area contributed by atoms with Crippen LogP contribution in [0, 0.1) is 0 Å². The number of ether oxygens (including phenoxy) is 2. The summed E-state index contributed by atoms with van der Waals surface area (Å²) in [6.45, 7) is 0. The molecule has 0 fully saturated rings. The molecule has 0 aliphatic rings. The minimum Gasteiger partial charge on any atom is -0.493 e. The summed E-state index contributed by atoms with van der Waals surface area (Å²) in [5.74, 6) is 0.567. The average Bonchev–Trinajstić information content (AvgIpc) is 2.88. The summed E-state index contributed by atoms with van der Waals surface area (Å²) >= 11 is 0. The maximum atomic E-state index is 13.6. The third kappa shape index (κ3) is 3.65. The number of fused-ring (bicyclic) bond motifs is 2. The van der Waals surface area contributed by atoms with Gasteiger partial charge >= 0.3 is 0 Å². The number of nitrogens with one attached hydrogen (secondary N) is 1. The molecule has 0 saturated carbocycles. The van der Waals surface area contributed by atoms with Crippen molar-refractivity contribution in [1.82, 2.24) is 0 Å². The van der Waals surface area contributed by atoms with Crippen LogP contribution in [0.25, 0.3) is 32.9 Å². The van der Waals surface area contributed by atoms with Crippen LogP contribution in [0.5, 0.6) is 11.5 Å². The molecule has 0 spiro atoms. The maximum Gasteiger partial charge on any atom is 0.258 e. The fourth-order valence-corrected chi connectivity index (χ4v) is 4.07. The molecular formula is C28H21NO5. The summed E-state index contributed by atoms with van der Waals surface area (Å²) < 4.78 is 16.7. The maximum absolute atomic E-state index is 13.6. The van der Waals surface area contributed by atoms with Crippen LogP contribution in [0.3, 0.4) is 0 Å². The Morgan fingerprint density at radius 3 is 2.29 bits per heavy atom. The molecule has 5 rings (SSSR count). The molecule has 1 amide bonds. The van der Waals surface area contributed by atoms with Crippen molar-refractivity contribution in [2.45, 2.75) is 0 Å². The summed E-state index contributed by atoms with van der Waals surface area (Å²) in [6.07, 6.45) is 0. The normalized spacial score (nSPS) is 10.9. The molecule has 0 saturated heterocycles. The van der Waals surface area contributed by atoms with Gasteiger partial charge in [-0.3, -0.25) is 14.9 Å². The van der Waals surface area contributed by atoms with Crippen LogP contribution < -0.4 is 20.2 Å². The monoisotopic (exact) mass is 451 g/mol. The van der Waals surface area contributed by atoms with E-state index in [-0.39, 0.29) is 11.3 Å². The van der Waals surface area contributed by atoms with Gasteiger partial charge < -0.3 is 13.9 Å². The largest absolute Gasteiger partial charge is 0.493 e. The van der Waals surface area contributed by atoms with Crippen molar-refractivity contribution in [1.29, 1.82) is 0 Å². The Labute approximate surface area is 195 Å². The van der Waals surface area contributed by atoms with Crippen LogP contribution in [-0.4, -0.2) is 20.1 Å². The summed E-state index contributed by atoms with van der Waals surface area (Å²) in [6, 6.07) is 25.3. The molecule has 34 heavy (non-hydrogen) atoms. The van der Waals surface area contributed by atoms with Gasteiger partial charge in [0.05, 0.1) is 25.2 Å². The fraction of sp³-hybridized carbons (Fsp3) is 0.0714. The first kappa shape index (κ1) is 21.3. The molecule has 4 aromatic carbocycles. The molecule has 0 bridgehead atoms. The van der Waals surface area contributed by atoms with Crippen molar-refractivity contribution in [3.8, 4) is 22.6 Å². The summed E-state index contributed by atoms with van der Waals surface area (Å²) in [5, 5.41) is 5.11. The number of hydrogen-bond donors (Lipinski definition) is 1. The number of carbonyl (C=O) groups is 1. The highest BCUT2D eigenvalue weighted by molar-refractivity contribution is 6.08. The predicted molar refractivity (Wildman–Crippen MR) is 133 cm³/mol. The number of hydrogen-bond acceptors (Lipinski definition) is 5. The van der Waals surface area contributed by atoms with Crippen molar-refractivity contribution in [3.63, 3.8) is 0 Å². The van der Waals surface area contributed by atoms with Gasteiger partial charge in [-0.05, 0) is 46.7 Å². The second-order valence-corrected chi connectivity index (χ2v) is 7.68. The lowest BCUT2D eigenvalue weighted by atomic mass is 9.97. The summed E-state index contributed by atoms with van der Waals surface area (Å²) in [4.78, 5) is 26.9. The molecule has 5 aromatic rings. The molecular weight excluding hydrogens is 430 g/mol. The zero-order valence-electron chi connectivity index (χ0n) is 18.6. The number of rotatable bonds is 5. The van der Waals surface area contributed by atoms with Crippen molar-refractivity contribution in [3.05, 3.63) is 101 Å². The van der Waals surface area contributed by atoms with Crippen LogP contribution in [0.2, 0.25) is 0 Å². The lowest BCUT2D eigenvalue weighted by Crippen LogP contribution is -2.16. The molecule has 1 heterocycles. The zero-order valence-corrected chi connectivity index (χ0v) is 18.6. The van der Waals surface area contributed by atoms with Crippen LogP contribution in [0.15, 0.2) is 94.1 Å². The van der Waals surface area contributed by atoms with E-state index in [0.717, 1.165) is 10.8 Å². The Bertz CT molecular complexity index is 1600. The number of amides is 1. The summed E-state index contributed by atoms with van der Waals surface area (Å²) in [7, 11) is 3.03. The molecule has 6 nitrogen and oxygen atoms in total. The van der Waals surface area contributed by atoms with Gasteiger partial charge in [0.25, 0.3) is 5.91 Å². The smallest absolute Gasteiger partial charge is 0.258 e. The van der Waals surface area contributed by atoms with Crippen LogP contribution in [-0.2, 0) is 0 Å². The highest BCUT2D eigenvalue weighted by Crippen LogP contribution is 2.34. The van der Waals surface area contributed by atoms with Crippen LogP contribution in [0.4, 0.5) is 5.88 Å². The third-order valence-corrected chi connectivity index (χ3v) is 5.73. The minimum absolute atomic E-state index is 0.0832. The van der Waals surface area contributed by atoms with E-state index in [2.05, 4.69) is 5.32 Å². The first-order valence-corrected chi connectivity index (χ1v) is 10.7. The van der Waals surface area contributed by atoms with Crippen LogP contribution >= 0.6 is 0 Å². The first-order chi connectivity index (χ1) is 16.6. The Morgan fingerprint density at radius 2 is 1.50 bits per heavy atom. The Kier molecular flexibility index (Phi) is 5.47. The van der Waals surface area contributed by atoms with E-state index < -0.39 is 5.91 Å². The zero-order chi connectivity index (χ0) is 23.7. The first-order valence-electron chi connectivity index (χ1n) is 10.7. The third-order valence-electron chi connectivity index (χ3n) is 5.73. The second-order valence-electron chi connectivity index (χ2n) is 7.68. The van der Waals surface area contributed by atoms with E-state index in [9.17, 15) is 9.59 Å². The number of anilines is 1. The molecule has 1 aromatic heterocycles. The number of methoxy groups -OCH3 is 2. The van der Waals surface area contributed by atoms with Crippen molar-refractivity contribution in [2.24, 2.45) is 0 Å². The minimum atomic E-state index is -0.444. The van der Waals surface area contributed by atoms with E-state index in [0.29, 0.717) is 39.2 Å². The Balaban J connectivity index is 1.70. The molecule has 6 heteroatoms. The van der Waals surface area contributed by atoms with Gasteiger partial charge in [-0.1, -0.05) is 54.6 Å². The number of carbonyl (C=O) groups excluding carboxylic acids is 1. The van der Waals surface area contributed by atoms with Crippen molar-refractivity contribution in [2.75, 3.05) is 19.5 Å². The molecule has 0 atom stereocenters. The summed E-state index contributed by atoms with van der Waals surface area (Å²) in [5.41, 5.74) is 1.47. The Hall–Kier alpha value is -4.58. The topological polar surface area (TPSA) is 77.8 Å². The average molecular weight is 451 g/mol. The standard InChI is InChI=1S/C28H21NO5/c1-32-23-15-14-18(16-24(23)33-2)27(31)29-28-25(26(30)21-11-5-6-13-22(21)34-28)20-12-7-9-17-8-3-4-10-19(17)20/h3-16H,1-2H3,(H,29,31). The molecule has 0 unspecified atom stereocenters. The van der Waals surface area contributed by atoms with Gasteiger partial charge in [-0.25, -0.2) is 0 Å². The fourth-order valence-electron chi connectivity index (χ4n) is 4.07.